The summed E-state index contributed by atoms with van der Waals surface area (Å²) in [4.78, 5) is 12.8. The van der Waals surface area contributed by atoms with Crippen LogP contribution in [0.25, 0.3) is 11.1 Å². The third-order valence-electron chi connectivity index (χ3n) is 4.62. The van der Waals surface area contributed by atoms with Gasteiger partial charge in [0.25, 0.3) is 0 Å². The van der Waals surface area contributed by atoms with E-state index in [9.17, 15) is 4.79 Å². The molecule has 0 aromatic heterocycles. The van der Waals surface area contributed by atoms with E-state index in [1.807, 2.05) is 66.7 Å². The molecule has 27 heavy (non-hydrogen) atoms. The molecule has 0 spiro atoms. The van der Waals surface area contributed by atoms with Crippen molar-refractivity contribution in [1.82, 2.24) is 0 Å². The predicted molar refractivity (Wildman–Crippen MR) is 111 cm³/mol. The van der Waals surface area contributed by atoms with E-state index in [1.54, 1.807) is 0 Å². The summed E-state index contributed by atoms with van der Waals surface area (Å²) in [5, 5.41) is 0. The van der Waals surface area contributed by atoms with Crippen LogP contribution in [0.2, 0.25) is 0 Å². The van der Waals surface area contributed by atoms with E-state index < -0.39 is 0 Å². The maximum atomic E-state index is 12.8. The van der Waals surface area contributed by atoms with Crippen molar-refractivity contribution < 1.29 is 9.53 Å². The Balaban J connectivity index is 1.66. The molecule has 0 heterocycles. The lowest BCUT2D eigenvalue weighted by Gasteiger charge is -2.08. The van der Waals surface area contributed by atoms with Gasteiger partial charge in [-0.2, -0.15) is 0 Å². The van der Waals surface area contributed by atoms with E-state index in [-0.39, 0.29) is 5.78 Å². The Bertz CT molecular complexity index is 851. The van der Waals surface area contributed by atoms with Crippen LogP contribution in [-0.2, 0) is 0 Å². The number of unbranched alkanes of at least 4 members (excludes halogenated alkanes) is 3. The first-order valence-electron chi connectivity index (χ1n) is 9.71. The van der Waals surface area contributed by atoms with Crippen molar-refractivity contribution in [2.24, 2.45) is 0 Å². The van der Waals surface area contributed by atoms with Crippen LogP contribution < -0.4 is 4.74 Å². The molecular formula is C25H26O2. The summed E-state index contributed by atoms with van der Waals surface area (Å²) in [6.07, 6.45) is 4.68. The fourth-order valence-electron chi connectivity index (χ4n) is 3.06. The minimum atomic E-state index is 0.0195. The average molecular weight is 358 g/mol. The van der Waals surface area contributed by atoms with Gasteiger partial charge in [-0.25, -0.2) is 0 Å². The molecule has 3 rings (SSSR count). The van der Waals surface area contributed by atoms with Crippen molar-refractivity contribution in [3.63, 3.8) is 0 Å². The number of ketones is 1. The SMILES string of the molecule is CCCCCCOc1cccc(C(=O)c2ccc(-c3ccccc3)cc2)c1. The molecule has 0 bridgehead atoms. The number of ether oxygens (including phenoxy) is 1. The van der Waals surface area contributed by atoms with Crippen LogP contribution in [0.3, 0.4) is 0 Å². The van der Waals surface area contributed by atoms with Crippen LogP contribution in [0, 0.1) is 0 Å². The number of carbonyl (C=O) groups excluding carboxylic acids is 1. The lowest BCUT2D eigenvalue weighted by atomic mass is 9.99. The molecule has 0 N–H and O–H groups in total. The Labute approximate surface area is 161 Å². The predicted octanol–water partition coefficient (Wildman–Crippen LogP) is 6.54. The first-order valence-corrected chi connectivity index (χ1v) is 9.71. The highest BCUT2D eigenvalue weighted by molar-refractivity contribution is 6.09. The van der Waals surface area contributed by atoms with E-state index in [0.717, 1.165) is 23.3 Å². The molecule has 0 aliphatic heterocycles. The standard InChI is InChI=1S/C25H26O2/c1-2-3-4-8-18-27-24-13-9-12-23(19-24)25(26)22-16-14-21(15-17-22)20-10-6-5-7-11-20/h5-7,9-17,19H,2-4,8,18H2,1H3. The van der Waals surface area contributed by atoms with E-state index in [1.165, 1.54) is 19.3 Å². The van der Waals surface area contributed by atoms with E-state index in [0.29, 0.717) is 17.7 Å². The molecule has 0 fully saturated rings. The number of benzene rings is 3. The lowest BCUT2D eigenvalue weighted by molar-refractivity contribution is 0.103. The summed E-state index contributed by atoms with van der Waals surface area (Å²) in [5.74, 6) is 0.782. The highest BCUT2D eigenvalue weighted by atomic mass is 16.5. The summed E-state index contributed by atoms with van der Waals surface area (Å²) in [7, 11) is 0. The smallest absolute Gasteiger partial charge is 0.193 e. The Hall–Kier alpha value is -2.87. The first kappa shape index (κ1) is 18.9. The largest absolute Gasteiger partial charge is 0.494 e. The zero-order chi connectivity index (χ0) is 18.9. The van der Waals surface area contributed by atoms with Crippen molar-refractivity contribution in [3.8, 4) is 16.9 Å². The molecular weight excluding hydrogens is 332 g/mol. The number of hydrogen-bond acceptors (Lipinski definition) is 2. The topological polar surface area (TPSA) is 26.3 Å². The van der Waals surface area contributed by atoms with E-state index >= 15 is 0 Å². The number of hydrogen-bond donors (Lipinski definition) is 0. The molecule has 0 saturated carbocycles. The summed E-state index contributed by atoms with van der Waals surface area (Å²) < 4.78 is 5.80. The molecule has 2 nitrogen and oxygen atoms in total. The van der Waals surface area contributed by atoms with Crippen molar-refractivity contribution >= 4 is 5.78 Å². The Morgan fingerprint density at radius 1 is 0.741 bits per heavy atom. The molecule has 0 saturated heterocycles. The molecule has 0 atom stereocenters. The zero-order valence-electron chi connectivity index (χ0n) is 15.9. The van der Waals surface area contributed by atoms with Gasteiger partial charge < -0.3 is 4.74 Å². The average Bonchev–Trinajstić information content (AvgIpc) is 2.74. The van der Waals surface area contributed by atoms with Crippen molar-refractivity contribution in [2.75, 3.05) is 6.61 Å². The van der Waals surface area contributed by atoms with Gasteiger partial charge in [0, 0.05) is 11.1 Å². The molecule has 138 valence electrons. The minimum Gasteiger partial charge on any atom is -0.494 e. The molecule has 0 unspecified atom stereocenters. The second kappa shape index (κ2) is 9.72. The van der Waals surface area contributed by atoms with Crippen LogP contribution >= 0.6 is 0 Å². The third kappa shape index (κ3) is 5.30. The molecule has 0 amide bonds. The fourth-order valence-corrected chi connectivity index (χ4v) is 3.06. The lowest BCUT2D eigenvalue weighted by Crippen LogP contribution is -2.03. The molecule has 3 aromatic rings. The van der Waals surface area contributed by atoms with Gasteiger partial charge in [0.05, 0.1) is 6.61 Å². The maximum absolute atomic E-state index is 12.8. The van der Waals surface area contributed by atoms with Crippen molar-refractivity contribution in [3.05, 3.63) is 90.0 Å². The van der Waals surface area contributed by atoms with Crippen LogP contribution in [0.4, 0.5) is 0 Å². The Morgan fingerprint density at radius 2 is 1.48 bits per heavy atom. The zero-order valence-corrected chi connectivity index (χ0v) is 15.9. The summed E-state index contributed by atoms with van der Waals surface area (Å²) in [6, 6.07) is 25.4. The highest BCUT2D eigenvalue weighted by Crippen LogP contribution is 2.22. The quantitative estimate of drug-likeness (QED) is 0.320. The number of rotatable bonds is 9. The Kier molecular flexibility index (Phi) is 6.81. The van der Waals surface area contributed by atoms with Gasteiger partial charge in [0.15, 0.2) is 5.78 Å². The molecule has 2 heteroatoms. The van der Waals surface area contributed by atoms with Gasteiger partial charge in [0.2, 0.25) is 0 Å². The van der Waals surface area contributed by atoms with Gasteiger partial charge in [-0.3, -0.25) is 4.79 Å². The van der Waals surface area contributed by atoms with E-state index in [2.05, 4.69) is 19.1 Å². The molecule has 0 aliphatic carbocycles. The minimum absolute atomic E-state index is 0.0195. The number of carbonyl (C=O) groups is 1. The van der Waals surface area contributed by atoms with Crippen LogP contribution in [0.1, 0.15) is 48.5 Å². The van der Waals surface area contributed by atoms with Gasteiger partial charge >= 0.3 is 0 Å². The van der Waals surface area contributed by atoms with Crippen molar-refractivity contribution in [1.29, 1.82) is 0 Å². The molecule has 0 aliphatic rings. The molecule has 0 radical (unpaired) electrons. The normalized spacial score (nSPS) is 10.6. The summed E-state index contributed by atoms with van der Waals surface area (Å²) in [5.41, 5.74) is 3.61. The summed E-state index contributed by atoms with van der Waals surface area (Å²) in [6.45, 7) is 2.89. The monoisotopic (exact) mass is 358 g/mol. The van der Waals surface area contributed by atoms with Crippen LogP contribution in [-0.4, -0.2) is 12.4 Å². The fraction of sp³-hybridized carbons (Fsp3) is 0.240. The highest BCUT2D eigenvalue weighted by Gasteiger charge is 2.10. The van der Waals surface area contributed by atoms with Gasteiger partial charge in [-0.15, -0.1) is 0 Å². The second-order valence-corrected chi connectivity index (χ2v) is 6.71. The van der Waals surface area contributed by atoms with Gasteiger partial charge in [-0.1, -0.05) is 92.9 Å². The third-order valence-corrected chi connectivity index (χ3v) is 4.62. The molecule has 3 aromatic carbocycles. The van der Waals surface area contributed by atoms with Crippen LogP contribution in [0.5, 0.6) is 5.75 Å². The van der Waals surface area contributed by atoms with Gasteiger partial charge in [0.1, 0.15) is 5.75 Å². The van der Waals surface area contributed by atoms with Crippen LogP contribution in [0.15, 0.2) is 78.9 Å². The second-order valence-electron chi connectivity index (χ2n) is 6.71. The summed E-state index contributed by atoms with van der Waals surface area (Å²) >= 11 is 0. The maximum Gasteiger partial charge on any atom is 0.193 e. The van der Waals surface area contributed by atoms with E-state index in [4.69, 9.17) is 4.74 Å². The Morgan fingerprint density at radius 3 is 2.22 bits per heavy atom. The van der Waals surface area contributed by atoms with Gasteiger partial charge in [-0.05, 0) is 29.7 Å². The first-order chi connectivity index (χ1) is 13.3. The van der Waals surface area contributed by atoms with Crippen molar-refractivity contribution in [2.45, 2.75) is 32.6 Å².